The van der Waals surface area contributed by atoms with E-state index in [9.17, 15) is 24.8 Å². The molecule has 4 rings (SSSR count). The van der Waals surface area contributed by atoms with Gasteiger partial charge >= 0.3 is 12.1 Å². The first-order valence-electron chi connectivity index (χ1n) is 23.7. The number of halogens is 4. The van der Waals surface area contributed by atoms with Gasteiger partial charge in [0.25, 0.3) is 0 Å². The standard InChI is InChI=1S/C51H67Cl2F2N3O15/c1-33(73-49(62)72-29-28-71-27-26-70-25-24-69-23-22-68-21-20-67-19-18-66-17-16-65-15-14-63-5)42-35(48(60)61)11-13-40(46(42)64-6)57-47(59)45-43(36-8-7-9-38(53)44(36)55)51(32-56,41(58-45)31-50(2,3)4)37-12-10-34(52)30-39(37)54/h7-13,30,33,41,43,45,58H,14-29,31H2,1-6H3,(H,57,59)(H,60,61)/t33?,41-,43-,45+,51-/m0/s1. The zero-order valence-electron chi connectivity index (χ0n) is 42.1. The van der Waals surface area contributed by atoms with Gasteiger partial charge in [-0.05, 0) is 54.7 Å². The average molecular weight is 1070 g/mol. The number of ether oxygens (including phenoxy) is 11. The lowest BCUT2D eigenvalue weighted by Crippen LogP contribution is -2.45. The van der Waals surface area contributed by atoms with E-state index in [0.717, 1.165) is 6.07 Å². The van der Waals surface area contributed by atoms with Crippen LogP contribution in [0.1, 0.15) is 73.2 Å². The van der Waals surface area contributed by atoms with Crippen LogP contribution < -0.4 is 15.4 Å². The fraction of sp³-hybridized carbons (Fsp3) is 0.569. The van der Waals surface area contributed by atoms with E-state index < -0.39 is 64.6 Å². The number of anilines is 1. The molecule has 73 heavy (non-hydrogen) atoms. The second kappa shape index (κ2) is 31.2. The van der Waals surface area contributed by atoms with E-state index in [4.69, 9.17) is 75.3 Å². The molecule has 3 aromatic rings. The molecule has 3 aromatic carbocycles. The van der Waals surface area contributed by atoms with Crippen LogP contribution in [0.4, 0.5) is 19.3 Å². The van der Waals surface area contributed by atoms with Crippen LogP contribution >= 0.6 is 23.2 Å². The van der Waals surface area contributed by atoms with Gasteiger partial charge in [0.15, 0.2) is 0 Å². The predicted octanol–water partition coefficient (Wildman–Crippen LogP) is 7.92. The van der Waals surface area contributed by atoms with Gasteiger partial charge in [-0.1, -0.05) is 62.2 Å². The summed E-state index contributed by atoms with van der Waals surface area (Å²) in [6.45, 7) is 12.7. The number of carbonyl (C=O) groups excluding carboxylic acids is 2. The molecule has 1 amide bonds. The van der Waals surface area contributed by atoms with Crippen molar-refractivity contribution in [1.29, 1.82) is 5.26 Å². The molecular formula is C51H67Cl2F2N3O15. The molecule has 0 saturated carbocycles. The molecule has 22 heteroatoms. The van der Waals surface area contributed by atoms with E-state index in [1.807, 2.05) is 20.8 Å². The number of amides is 1. The Hall–Kier alpha value is -4.76. The molecule has 1 aliphatic rings. The molecule has 1 unspecified atom stereocenters. The molecule has 18 nitrogen and oxygen atoms in total. The molecule has 0 aromatic heterocycles. The number of carboxylic acids is 1. The molecule has 0 bridgehead atoms. The molecule has 1 aliphatic heterocycles. The van der Waals surface area contributed by atoms with Crippen molar-refractivity contribution in [2.75, 3.05) is 125 Å². The van der Waals surface area contributed by atoms with Gasteiger partial charge in [0, 0.05) is 29.7 Å². The van der Waals surface area contributed by atoms with Crippen LogP contribution in [0.25, 0.3) is 0 Å². The zero-order valence-corrected chi connectivity index (χ0v) is 43.6. The first kappa shape index (κ1) is 60.8. The Morgan fingerprint density at radius 1 is 0.795 bits per heavy atom. The Morgan fingerprint density at radius 2 is 1.33 bits per heavy atom. The summed E-state index contributed by atoms with van der Waals surface area (Å²) in [4.78, 5) is 40.1. The van der Waals surface area contributed by atoms with Crippen molar-refractivity contribution in [2.24, 2.45) is 5.41 Å². The molecule has 0 aliphatic carbocycles. The maximum absolute atomic E-state index is 16.2. The first-order chi connectivity index (χ1) is 35.0. The third-order valence-corrected chi connectivity index (χ3v) is 11.9. The summed E-state index contributed by atoms with van der Waals surface area (Å²) in [5.41, 5.74) is -3.18. The summed E-state index contributed by atoms with van der Waals surface area (Å²) >= 11 is 12.4. The number of carboxylic acid groups (broad SMARTS) is 1. The SMILES string of the molecule is COCCOCCOCCOCCOCCOCCOCCOCCOC(=O)OC(C)c1c(C(=O)O)ccc(NC(=O)[C@@H]2N[C@@H](CC(C)(C)C)[C@](C#N)(c3ccc(Cl)cc3F)[C@H]2c2cccc(Cl)c2F)c1OC. The third kappa shape index (κ3) is 18.2. The number of benzene rings is 3. The lowest BCUT2D eigenvalue weighted by Gasteiger charge is -2.37. The minimum atomic E-state index is -1.91. The second-order valence-corrected chi connectivity index (χ2v) is 18.6. The van der Waals surface area contributed by atoms with E-state index in [1.54, 1.807) is 7.11 Å². The highest BCUT2D eigenvalue weighted by atomic mass is 35.5. The van der Waals surface area contributed by atoms with Crippen LogP contribution in [0.3, 0.4) is 0 Å². The number of carbonyl (C=O) groups is 3. The zero-order chi connectivity index (χ0) is 53.4. The molecule has 1 saturated heterocycles. The molecule has 3 N–H and O–H groups in total. The lowest BCUT2D eigenvalue weighted by atomic mass is 9.62. The first-order valence-corrected chi connectivity index (χ1v) is 24.4. The van der Waals surface area contributed by atoms with E-state index in [0.29, 0.717) is 79.3 Å². The van der Waals surface area contributed by atoms with Crippen molar-refractivity contribution in [2.45, 2.75) is 63.6 Å². The number of hydrogen-bond acceptors (Lipinski definition) is 16. The van der Waals surface area contributed by atoms with Crippen LogP contribution in [0.15, 0.2) is 48.5 Å². The highest BCUT2D eigenvalue weighted by molar-refractivity contribution is 6.31. The maximum atomic E-state index is 16.2. The van der Waals surface area contributed by atoms with Gasteiger partial charge in [-0.25, -0.2) is 18.4 Å². The molecule has 404 valence electrons. The average Bonchev–Trinajstić information content (AvgIpc) is 3.66. The summed E-state index contributed by atoms with van der Waals surface area (Å²) in [6, 6.07) is 10.3. The van der Waals surface area contributed by atoms with E-state index in [-0.39, 0.29) is 76.6 Å². The number of nitriles is 1. The largest absolute Gasteiger partial charge is 0.508 e. The van der Waals surface area contributed by atoms with Crippen molar-refractivity contribution >= 4 is 46.9 Å². The third-order valence-electron chi connectivity index (χ3n) is 11.4. The van der Waals surface area contributed by atoms with E-state index in [2.05, 4.69) is 16.7 Å². The number of rotatable bonds is 33. The monoisotopic (exact) mass is 1070 g/mol. The second-order valence-electron chi connectivity index (χ2n) is 17.7. The predicted molar refractivity (Wildman–Crippen MR) is 265 cm³/mol. The molecule has 1 heterocycles. The molecular weight excluding hydrogens is 1000 g/mol. The fourth-order valence-electron chi connectivity index (χ4n) is 8.26. The highest BCUT2D eigenvalue weighted by Gasteiger charge is 2.61. The number of nitrogens with zero attached hydrogens (tertiary/aromatic N) is 1. The van der Waals surface area contributed by atoms with Gasteiger partial charge in [-0.3, -0.25) is 4.79 Å². The van der Waals surface area contributed by atoms with Crippen LogP contribution in [0.5, 0.6) is 5.75 Å². The van der Waals surface area contributed by atoms with Crippen molar-refractivity contribution in [1.82, 2.24) is 5.32 Å². The van der Waals surface area contributed by atoms with Crippen molar-refractivity contribution < 1.29 is 80.4 Å². The highest BCUT2D eigenvalue weighted by Crippen LogP contribution is 2.53. The normalized spacial score (nSPS) is 18.0. The Balaban J connectivity index is 1.30. The Morgan fingerprint density at radius 3 is 1.81 bits per heavy atom. The minimum absolute atomic E-state index is 0.00343. The Bertz CT molecular complexity index is 2270. The van der Waals surface area contributed by atoms with Gasteiger partial charge in [-0.15, -0.1) is 0 Å². The topological polar surface area (TPSA) is 221 Å². The lowest BCUT2D eigenvalue weighted by molar-refractivity contribution is -0.118. The summed E-state index contributed by atoms with van der Waals surface area (Å²) in [7, 11) is 2.84. The van der Waals surface area contributed by atoms with Gasteiger partial charge in [0.05, 0.1) is 140 Å². The summed E-state index contributed by atoms with van der Waals surface area (Å²) < 4.78 is 91.6. The quantitative estimate of drug-likeness (QED) is 0.0389. The molecule has 5 atom stereocenters. The number of methoxy groups -OCH3 is 2. The summed E-state index contributed by atoms with van der Waals surface area (Å²) in [6.07, 6.45) is -2.24. The van der Waals surface area contributed by atoms with Gasteiger partial charge < -0.3 is 67.8 Å². The van der Waals surface area contributed by atoms with Gasteiger partial charge in [0.1, 0.15) is 35.5 Å². The van der Waals surface area contributed by atoms with Crippen LogP contribution in [0.2, 0.25) is 10.0 Å². The molecule has 0 spiro atoms. The van der Waals surface area contributed by atoms with Crippen LogP contribution in [-0.2, 0) is 57.6 Å². The minimum Gasteiger partial charge on any atom is -0.494 e. The van der Waals surface area contributed by atoms with E-state index >= 15 is 8.78 Å². The Kier molecular flexibility index (Phi) is 26.0. The van der Waals surface area contributed by atoms with Gasteiger partial charge in [0.2, 0.25) is 5.91 Å². The maximum Gasteiger partial charge on any atom is 0.508 e. The van der Waals surface area contributed by atoms with E-state index in [1.165, 1.54) is 56.5 Å². The van der Waals surface area contributed by atoms with Crippen molar-refractivity contribution in [3.8, 4) is 11.8 Å². The fourth-order valence-corrected chi connectivity index (χ4v) is 8.60. The van der Waals surface area contributed by atoms with Gasteiger partial charge in [-0.2, -0.15) is 5.26 Å². The summed E-state index contributed by atoms with van der Waals surface area (Å²) in [5, 5.41) is 27.2. The Labute approximate surface area is 435 Å². The molecule has 1 fully saturated rings. The van der Waals surface area contributed by atoms with Crippen LogP contribution in [-0.4, -0.2) is 155 Å². The van der Waals surface area contributed by atoms with Crippen molar-refractivity contribution in [3.63, 3.8) is 0 Å². The number of hydrogen-bond donors (Lipinski definition) is 3. The number of aromatic carboxylic acids is 1. The number of nitrogens with one attached hydrogen (secondary N) is 2. The van der Waals surface area contributed by atoms with Crippen molar-refractivity contribution in [3.05, 3.63) is 92.5 Å². The summed E-state index contributed by atoms with van der Waals surface area (Å²) in [5.74, 6) is -5.55. The van der Waals surface area contributed by atoms with Crippen LogP contribution in [0, 0.1) is 28.4 Å². The smallest absolute Gasteiger partial charge is 0.494 e. The molecule has 0 radical (unpaired) electrons.